The molecule has 6 nitrogen and oxygen atoms in total. The van der Waals surface area contributed by atoms with Gasteiger partial charge in [0.25, 0.3) is 0 Å². The van der Waals surface area contributed by atoms with Crippen LogP contribution in [0.1, 0.15) is 38.5 Å². The minimum absolute atomic E-state index is 0.0698. The molecule has 4 rings (SSSR count). The lowest BCUT2D eigenvalue weighted by molar-refractivity contribution is 0.0651. The predicted molar refractivity (Wildman–Crippen MR) is 88.9 cm³/mol. The fourth-order valence-electron chi connectivity index (χ4n) is 4.26. The van der Waals surface area contributed by atoms with Gasteiger partial charge in [0.15, 0.2) is 0 Å². The molecule has 3 unspecified atom stereocenters. The highest BCUT2D eigenvalue weighted by Crippen LogP contribution is 2.37. The number of nitrogens with zero attached hydrogens (tertiary/aromatic N) is 2. The first-order valence-electron chi connectivity index (χ1n) is 9.04. The topological polar surface area (TPSA) is 63.7 Å². The van der Waals surface area contributed by atoms with Crippen LogP contribution in [0.3, 0.4) is 0 Å². The number of carbonyl (C=O) groups excluding carboxylic acids is 1. The first kappa shape index (κ1) is 15.7. The van der Waals surface area contributed by atoms with Crippen LogP contribution in [0.4, 0.5) is 4.79 Å². The van der Waals surface area contributed by atoms with Crippen molar-refractivity contribution in [3.63, 3.8) is 0 Å². The molecule has 130 valence electrons. The third kappa shape index (κ3) is 3.34. The third-order valence-electron chi connectivity index (χ3n) is 5.38. The number of hydrogen-bond donors (Lipinski definition) is 1. The van der Waals surface area contributed by atoms with Crippen molar-refractivity contribution in [2.45, 2.75) is 62.8 Å². The summed E-state index contributed by atoms with van der Waals surface area (Å²) >= 11 is 0. The van der Waals surface area contributed by atoms with Crippen LogP contribution in [0, 0.1) is 0 Å². The molecule has 1 aromatic rings. The summed E-state index contributed by atoms with van der Waals surface area (Å²) in [7, 11) is 0. The Balaban J connectivity index is 1.32. The lowest BCUT2D eigenvalue weighted by Crippen LogP contribution is -2.53. The Labute approximate surface area is 142 Å². The van der Waals surface area contributed by atoms with Gasteiger partial charge in [-0.25, -0.2) is 4.79 Å². The van der Waals surface area contributed by atoms with E-state index in [1.54, 1.807) is 12.4 Å². The highest BCUT2D eigenvalue weighted by molar-refractivity contribution is 5.75. The van der Waals surface area contributed by atoms with Gasteiger partial charge in [-0.05, 0) is 37.8 Å². The van der Waals surface area contributed by atoms with E-state index in [9.17, 15) is 4.79 Å². The van der Waals surface area contributed by atoms with Crippen LogP contribution in [-0.2, 0) is 4.74 Å². The lowest BCUT2D eigenvalue weighted by Gasteiger charge is -2.39. The first-order chi connectivity index (χ1) is 11.8. The largest absolute Gasteiger partial charge is 0.490 e. The molecule has 3 atom stereocenters. The highest BCUT2D eigenvalue weighted by atomic mass is 16.5. The van der Waals surface area contributed by atoms with Crippen LogP contribution in [-0.4, -0.2) is 53.4 Å². The highest BCUT2D eigenvalue weighted by Gasteiger charge is 2.44. The molecule has 24 heavy (non-hydrogen) atoms. The molecule has 0 radical (unpaired) electrons. The Kier molecular flexibility index (Phi) is 4.56. The summed E-state index contributed by atoms with van der Waals surface area (Å²) in [6.45, 7) is 1.45. The maximum absolute atomic E-state index is 12.6. The molecule has 3 saturated heterocycles. The first-order valence-corrected chi connectivity index (χ1v) is 9.04. The molecule has 6 heteroatoms. The summed E-state index contributed by atoms with van der Waals surface area (Å²) < 4.78 is 11.7. The van der Waals surface area contributed by atoms with E-state index < -0.39 is 0 Å². The molecule has 0 aliphatic carbocycles. The van der Waals surface area contributed by atoms with Gasteiger partial charge in [-0.2, -0.15) is 0 Å². The normalized spacial score (nSPS) is 31.9. The van der Waals surface area contributed by atoms with Crippen molar-refractivity contribution in [3.8, 4) is 5.75 Å². The molecule has 3 aliphatic rings. The summed E-state index contributed by atoms with van der Waals surface area (Å²) in [6.07, 6.45) is 10.0. The molecule has 4 heterocycles. The van der Waals surface area contributed by atoms with E-state index in [0.29, 0.717) is 18.6 Å². The van der Waals surface area contributed by atoms with Crippen molar-refractivity contribution < 1.29 is 14.3 Å². The maximum atomic E-state index is 12.6. The average molecular weight is 331 g/mol. The SMILES string of the molecule is O=C(NCC1CCCO1)N1C2CCC1CC(Oc1ccncc1)C2. The van der Waals surface area contributed by atoms with Gasteiger partial charge < -0.3 is 19.7 Å². The Bertz CT molecular complexity index is 548. The molecule has 3 aliphatic heterocycles. The van der Waals surface area contributed by atoms with Gasteiger partial charge in [-0.1, -0.05) is 0 Å². The molecule has 0 spiro atoms. The van der Waals surface area contributed by atoms with E-state index in [0.717, 1.165) is 50.9 Å². The average Bonchev–Trinajstić information content (AvgIpc) is 3.20. The number of nitrogens with one attached hydrogen (secondary N) is 1. The molecule has 1 N–H and O–H groups in total. The minimum Gasteiger partial charge on any atom is -0.490 e. The van der Waals surface area contributed by atoms with Crippen molar-refractivity contribution in [1.29, 1.82) is 0 Å². The van der Waals surface area contributed by atoms with E-state index in [2.05, 4.69) is 15.2 Å². The summed E-state index contributed by atoms with van der Waals surface area (Å²) in [4.78, 5) is 18.7. The molecular weight excluding hydrogens is 306 g/mol. The minimum atomic E-state index is 0.0698. The standard InChI is InChI=1S/C18H25N3O3/c22-18(20-12-16-2-1-9-23-16)21-13-3-4-14(21)11-17(10-13)24-15-5-7-19-8-6-15/h5-8,13-14,16-17H,1-4,9-12H2,(H,20,22). The molecule has 3 fully saturated rings. The van der Waals surface area contributed by atoms with E-state index in [4.69, 9.17) is 9.47 Å². The number of pyridine rings is 1. The second-order valence-corrected chi connectivity index (χ2v) is 7.01. The number of fused-ring (bicyclic) bond motifs is 2. The van der Waals surface area contributed by atoms with Gasteiger partial charge in [0.2, 0.25) is 0 Å². The Morgan fingerprint density at radius 2 is 2.00 bits per heavy atom. The van der Waals surface area contributed by atoms with Gasteiger partial charge in [-0.3, -0.25) is 4.98 Å². The fraction of sp³-hybridized carbons (Fsp3) is 0.667. The number of hydrogen-bond acceptors (Lipinski definition) is 4. The summed E-state index contributed by atoms with van der Waals surface area (Å²) in [5.74, 6) is 0.866. The molecule has 2 bridgehead atoms. The molecule has 0 aromatic carbocycles. The zero-order valence-electron chi connectivity index (χ0n) is 13.9. The second-order valence-electron chi connectivity index (χ2n) is 7.01. The second kappa shape index (κ2) is 6.97. The maximum Gasteiger partial charge on any atom is 0.317 e. The van der Waals surface area contributed by atoms with Crippen LogP contribution < -0.4 is 10.1 Å². The van der Waals surface area contributed by atoms with Gasteiger partial charge in [0.05, 0.1) is 6.10 Å². The summed E-state index contributed by atoms with van der Waals surface area (Å²) in [5, 5.41) is 3.07. The van der Waals surface area contributed by atoms with Crippen LogP contribution >= 0.6 is 0 Å². The van der Waals surface area contributed by atoms with Crippen LogP contribution in [0.25, 0.3) is 0 Å². The van der Waals surface area contributed by atoms with Gasteiger partial charge in [0, 0.05) is 50.5 Å². The zero-order chi connectivity index (χ0) is 16.4. The van der Waals surface area contributed by atoms with Crippen molar-refractivity contribution in [2.75, 3.05) is 13.2 Å². The molecule has 1 aromatic heterocycles. The van der Waals surface area contributed by atoms with Crippen molar-refractivity contribution >= 4 is 6.03 Å². The van der Waals surface area contributed by atoms with Gasteiger partial charge in [-0.15, -0.1) is 0 Å². The third-order valence-corrected chi connectivity index (χ3v) is 5.38. The number of carbonyl (C=O) groups is 1. The Morgan fingerprint density at radius 3 is 2.67 bits per heavy atom. The predicted octanol–water partition coefficient (Wildman–Crippen LogP) is 2.34. The summed E-state index contributed by atoms with van der Waals surface area (Å²) in [5.41, 5.74) is 0. The van der Waals surface area contributed by atoms with Gasteiger partial charge >= 0.3 is 6.03 Å². The molecule has 2 amide bonds. The quantitative estimate of drug-likeness (QED) is 0.920. The summed E-state index contributed by atoms with van der Waals surface area (Å²) in [6, 6.07) is 4.44. The number of rotatable bonds is 4. The van der Waals surface area contributed by atoms with E-state index in [-0.39, 0.29) is 18.2 Å². The zero-order valence-corrected chi connectivity index (χ0v) is 13.9. The Morgan fingerprint density at radius 1 is 1.25 bits per heavy atom. The lowest BCUT2D eigenvalue weighted by atomic mass is 10.00. The van der Waals surface area contributed by atoms with E-state index in [1.807, 2.05) is 12.1 Å². The van der Waals surface area contributed by atoms with Crippen LogP contribution in [0.2, 0.25) is 0 Å². The number of aromatic nitrogens is 1. The van der Waals surface area contributed by atoms with Crippen molar-refractivity contribution in [3.05, 3.63) is 24.5 Å². The monoisotopic (exact) mass is 331 g/mol. The van der Waals surface area contributed by atoms with Crippen LogP contribution in [0.15, 0.2) is 24.5 Å². The van der Waals surface area contributed by atoms with E-state index in [1.165, 1.54) is 0 Å². The van der Waals surface area contributed by atoms with Crippen molar-refractivity contribution in [2.24, 2.45) is 0 Å². The number of piperidine rings is 1. The van der Waals surface area contributed by atoms with Crippen LogP contribution in [0.5, 0.6) is 5.75 Å². The smallest absolute Gasteiger partial charge is 0.317 e. The Hall–Kier alpha value is -1.82. The number of ether oxygens (including phenoxy) is 2. The number of amides is 2. The van der Waals surface area contributed by atoms with E-state index >= 15 is 0 Å². The van der Waals surface area contributed by atoms with Gasteiger partial charge in [0.1, 0.15) is 11.9 Å². The fourth-order valence-corrected chi connectivity index (χ4v) is 4.26. The molecular formula is C18H25N3O3. The number of urea groups is 1. The molecule has 0 saturated carbocycles. The van der Waals surface area contributed by atoms with Crippen molar-refractivity contribution in [1.82, 2.24) is 15.2 Å².